The van der Waals surface area contributed by atoms with Gasteiger partial charge in [0.2, 0.25) is 5.91 Å². The lowest BCUT2D eigenvalue weighted by molar-refractivity contribution is -0.116. The molecule has 1 saturated heterocycles. The fourth-order valence-electron chi connectivity index (χ4n) is 4.25. The maximum Gasteiger partial charge on any atom is 0.261 e. The molecule has 0 radical (unpaired) electrons. The van der Waals surface area contributed by atoms with Gasteiger partial charge in [-0.25, -0.2) is 4.98 Å². The Kier molecular flexibility index (Phi) is 5.89. The van der Waals surface area contributed by atoms with Gasteiger partial charge in [-0.2, -0.15) is 0 Å². The van der Waals surface area contributed by atoms with Crippen LogP contribution in [0.25, 0.3) is 11.0 Å². The molecule has 0 spiro atoms. The Morgan fingerprint density at radius 3 is 2.52 bits per heavy atom. The average Bonchev–Trinajstić information content (AvgIpc) is 3.33. The second-order valence-corrected chi connectivity index (χ2v) is 8.26. The van der Waals surface area contributed by atoms with E-state index in [4.69, 9.17) is 4.74 Å². The van der Waals surface area contributed by atoms with Gasteiger partial charge in [-0.15, -0.1) is 0 Å². The first-order valence-electron chi connectivity index (χ1n) is 11.1. The zero-order valence-electron chi connectivity index (χ0n) is 18.2. The fraction of sp³-hybridized carbons (Fsp3) is 0.333. The molecule has 0 aliphatic carbocycles. The van der Waals surface area contributed by atoms with Crippen LogP contribution in [-0.4, -0.2) is 70.3 Å². The summed E-state index contributed by atoms with van der Waals surface area (Å²) in [5.74, 6) is 0.123. The van der Waals surface area contributed by atoms with E-state index < -0.39 is 0 Å². The summed E-state index contributed by atoms with van der Waals surface area (Å²) in [6, 6.07) is 12.4. The van der Waals surface area contributed by atoms with Gasteiger partial charge in [0.25, 0.3) is 11.8 Å². The number of imide groups is 1. The van der Waals surface area contributed by atoms with Crippen LogP contribution in [0.4, 0.5) is 5.69 Å². The molecule has 1 fully saturated rings. The van der Waals surface area contributed by atoms with Crippen LogP contribution < -0.4 is 5.32 Å². The van der Waals surface area contributed by atoms with Crippen LogP contribution in [0.5, 0.6) is 0 Å². The van der Waals surface area contributed by atoms with E-state index in [1.165, 1.54) is 4.90 Å². The number of morpholine rings is 1. The number of hydrogen-bond donors (Lipinski definition) is 2. The summed E-state index contributed by atoms with van der Waals surface area (Å²) >= 11 is 0. The monoisotopic (exact) mass is 447 g/mol. The van der Waals surface area contributed by atoms with E-state index >= 15 is 0 Å². The molecule has 170 valence electrons. The van der Waals surface area contributed by atoms with Crippen LogP contribution in [0.1, 0.15) is 39.4 Å². The van der Waals surface area contributed by atoms with Gasteiger partial charge in [-0.1, -0.05) is 12.1 Å². The first-order valence-corrected chi connectivity index (χ1v) is 11.1. The Bertz CT molecular complexity index is 1180. The average molecular weight is 447 g/mol. The predicted molar refractivity (Wildman–Crippen MR) is 122 cm³/mol. The highest BCUT2D eigenvalue weighted by molar-refractivity contribution is 6.21. The second-order valence-electron chi connectivity index (χ2n) is 8.26. The maximum absolute atomic E-state index is 12.4. The van der Waals surface area contributed by atoms with Crippen molar-refractivity contribution in [1.29, 1.82) is 0 Å². The number of nitrogens with one attached hydrogen (secondary N) is 2. The second kappa shape index (κ2) is 9.13. The molecule has 9 heteroatoms. The molecule has 9 nitrogen and oxygen atoms in total. The van der Waals surface area contributed by atoms with Crippen LogP contribution >= 0.6 is 0 Å². The van der Waals surface area contributed by atoms with Crippen molar-refractivity contribution in [3.63, 3.8) is 0 Å². The molecule has 2 aliphatic heterocycles. The summed E-state index contributed by atoms with van der Waals surface area (Å²) in [5.41, 5.74) is 3.24. The smallest absolute Gasteiger partial charge is 0.261 e. The molecule has 0 bridgehead atoms. The number of H-pyrrole nitrogens is 1. The molecule has 2 N–H and O–H groups in total. The van der Waals surface area contributed by atoms with Gasteiger partial charge in [-0.3, -0.25) is 24.2 Å². The zero-order chi connectivity index (χ0) is 22.8. The lowest BCUT2D eigenvalue weighted by Gasteiger charge is -2.25. The van der Waals surface area contributed by atoms with Crippen molar-refractivity contribution < 1.29 is 19.1 Å². The zero-order valence-corrected chi connectivity index (χ0v) is 18.2. The summed E-state index contributed by atoms with van der Waals surface area (Å²) in [4.78, 5) is 48.7. The van der Waals surface area contributed by atoms with E-state index in [0.29, 0.717) is 23.2 Å². The standard InChI is InChI=1S/C24H25N5O4/c30-22(6-3-9-29-23(31)17-4-1-2-5-18(17)24(29)32)25-16-7-8-19-20(14-16)27-21(26-19)15-28-10-12-33-13-11-28/h1-2,4-5,7-8,14H,3,6,9-13,15H2,(H,25,30)(H,26,27). The lowest BCUT2D eigenvalue weighted by Crippen LogP contribution is -2.35. The topological polar surface area (TPSA) is 108 Å². The van der Waals surface area contributed by atoms with Gasteiger partial charge >= 0.3 is 0 Å². The van der Waals surface area contributed by atoms with Gasteiger partial charge in [-0.05, 0) is 36.8 Å². The van der Waals surface area contributed by atoms with Gasteiger partial charge in [0.15, 0.2) is 0 Å². The number of benzene rings is 2. The number of imidazole rings is 1. The predicted octanol–water partition coefficient (Wildman–Crippen LogP) is 2.41. The van der Waals surface area contributed by atoms with E-state index in [9.17, 15) is 14.4 Å². The molecule has 3 aromatic rings. The number of hydrogen-bond acceptors (Lipinski definition) is 6. The lowest BCUT2D eigenvalue weighted by atomic mass is 10.1. The number of aromatic nitrogens is 2. The Balaban J connectivity index is 1.14. The SMILES string of the molecule is O=C(CCCN1C(=O)c2ccccc2C1=O)Nc1ccc2nc(CN3CCOCC3)[nH]c2c1. The van der Waals surface area contributed by atoms with E-state index in [-0.39, 0.29) is 30.7 Å². The molecule has 0 atom stereocenters. The Morgan fingerprint density at radius 2 is 1.79 bits per heavy atom. The third kappa shape index (κ3) is 4.50. The van der Waals surface area contributed by atoms with Crippen molar-refractivity contribution in [2.24, 2.45) is 0 Å². The van der Waals surface area contributed by atoms with Crippen LogP contribution in [-0.2, 0) is 16.1 Å². The van der Waals surface area contributed by atoms with Crippen molar-refractivity contribution in [1.82, 2.24) is 19.8 Å². The number of amides is 3. The number of nitrogens with zero attached hydrogens (tertiary/aromatic N) is 3. The fourth-order valence-corrected chi connectivity index (χ4v) is 4.25. The van der Waals surface area contributed by atoms with Crippen molar-refractivity contribution in [3.8, 4) is 0 Å². The van der Waals surface area contributed by atoms with Crippen molar-refractivity contribution in [3.05, 3.63) is 59.4 Å². The molecule has 0 saturated carbocycles. The minimum absolute atomic E-state index is 0.168. The van der Waals surface area contributed by atoms with E-state index in [1.807, 2.05) is 18.2 Å². The van der Waals surface area contributed by atoms with Crippen molar-refractivity contribution >= 4 is 34.4 Å². The van der Waals surface area contributed by atoms with Gasteiger partial charge in [0, 0.05) is 31.7 Å². The van der Waals surface area contributed by atoms with E-state index in [2.05, 4.69) is 20.2 Å². The van der Waals surface area contributed by atoms with Crippen LogP contribution in [0, 0.1) is 0 Å². The Hall–Kier alpha value is -3.56. The number of carbonyl (C=O) groups excluding carboxylic acids is 3. The molecule has 3 amide bonds. The molecule has 5 rings (SSSR count). The van der Waals surface area contributed by atoms with E-state index in [1.54, 1.807) is 24.3 Å². The quantitative estimate of drug-likeness (QED) is 0.539. The van der Waals surface area contributed by atoms with E-state index in [0.717, 1.165) is 49.7 Å². The highest BCUT2D eigenvalue weighted by Gasteiger charge is 2.34. The van der Waals surface area contributed by atoms with Gasteiger partial charge in [0.05, 0.1) is 41.9 Å². The molecular formula is C24H25N5O4. The summed E-state index contributed by atoms with van der Waals surface area (Å²) in [5, 5.41) is 2.89. The summed E-state index contributed by atoms with van der Waals surface area (Å²) < 4.78 is 5.38. The molecule has 3 heterocycles. The third-order valence-corrected chi connectivity index (χ3v) is 5.96. The van der Waals surface area contributed by atoms with Gasteiger partial charge in [0.1, 0.15) is 5.82 Å². The molecule has 1 aromatic heterocycles. The largest absolute Gasteiger partial charge is 0.379 e. The summed E-state index contributed by atoms with van der Waals surface area (Å²) in [6.07, 6.45) is 0.601. The summed E-state index contributed by atoms with van der Waals surface area (Å²) in [6.45, 7) is 4.20. The highest BCUT2D eigenvalue weighted by Crippen LogP contribution is 2.23. The Morgan fingerprint density at radius 1 is 1.06 bits per heavy atom. The minimum atomic E-state index is -0.298. The normalized spacial score (nSPS) is 16.4. The number of carbonyl (C=O) groups is 3. The number of ether oxygens (including phenoxy) is 1. The molecule has 33 heavy (non-hydrogen) atoms. The first kappa shape index (κ1) is 21.3. The number of rotatable bonds is 7. The molecular weight excluding hydrogens is 422 g/mol. The van der Waals surface area contributed by atoms with Gasteiger partial charge < -0.3 is 15.0 Å². The number of fused-ring (bicyclic) bond motifs is 2. The maximum atomic E-state index is 12.4. The first-order chi connectivity index (χ1) is 16.1. The molecule has 0 unspecified atom stereocenters. The van der Waals surface area contributed by atoms with Crippen LogP contribution in [0.3, 0.4) is 0 Å². The highest BCUT2D eigenvalue weighted by atomic mass is 16.5. The van der Waals surface area contributed by atoms with Crippen molar-refractivity contribution in [2.45, 2.75) is 19.4 Å². The van der Waals surface area contributed by atoms with Crippen molar-refractivity contribution in [2.75, 3.05) is 38.2 Å². The van der Waals surface area contributed by atoms with Crippen LogP contribution in [0.15, 0.2) is 42.5 Å². The summed E-state index contributed by atoms with van der Waals surface area (Å²) in [7, 11) is 0. The number of anilines is 1. The van der Waals surface area contributed by atoms with Crippen LogP contribution in [0.2, 0.25) is 0 Å². The molecule has 2 aliphatic rings. The third-order valence-electron chi connectivity index (χ3n) is 5.96. The number of aromatic amines is 1. The Labute approximate surface area is 190 Å². The molecule has 2 aromatic carbocycles. The minimum Gasteiger partial charge on any atom is -0.379 e.